The fourth-order valence-electron chi connectivity index (χ4n) is 11.6. The summed E-state index contributed by atoms with van der Waals surface area (Å²) in [5, 5.41) is 8.17. The Kier molecular flexibility index (Phi) is 22.9. The van der Waals surface area contributed by atoms with Gasteiger partial charge in [-0.25, -0.2) is 9.59 Å². The number of nitrogens with one attached hydrogen (secondary N) is 3. The van der Waals surface area contributed by atoms with E-state index >= 15 is 0 Å². The SMILES string of the molecule is COCCCNCCCCCCOc1ccc(C2c3[nH]c4ccc(Cl)cc4c3CCN2C(=O)Oc2ccc(Cl)cc2)cc1.O=C(Oc1ccc(Cl)cc1)N1CCc2c([nH]c3ccc(Cl)cc23)C1c1ccc(OCCCCCCN2CCOCC2)cc1. The van der Waals surface area contributed by atoms with Crippen molar-refractivity contribution in [3.63, 3.8) is 0 Å². The number of carbonyl (C=O) groups excluding carboxylic acids is 2. The molecule has 6 aromatic carbocycles. The number of aromatic amines is 2. The molecule has 86 heavy (non-hydrogen) atoms. The summed E-state index contributed by atoms with van der Waals surface area (Å²) in [5.41, 5.74) is 8.22. The number of amides is 2. The van der Waals surface area contributed by atoms with Crippen LogP contribution in [-0.4, -0.2) is 123 Å². The molecular weight excluding hydrogens is 1170 g/mol. The van der Waals surface area contributed by atoms with Crippen LogP contribution in [-0.2, 0) is 22.3 Å². The van der Waals surface area contributed by atoms with Gasteiger partial charge in [0.15, 0.2) is 0 Å². The smallest absolute Gasteiger partial charge is 0.416 e. The average Bonchev–Trinajstić information content (AvgIpc) is 2.20. The average molecular weight is 1250 g/mol. The zero-order chi connectivity index (χ0) is 59.6. The Labute approximate surface area is 524 Å². The highest BCUT2D eigenvalue weighted by Gasteiger charge is 2.37. The van der Waals surface area contributed by atoms with E-state index in [9.17, 15) is 9.59 Å². The van der Waals surface area contributed by atoms with Crippen LogP contribution in [0.25, 0.3) is 21.8 Å². The third-order valence-corrected chi connectivity index (χ3v) is 17.0. The summed E-state index contributed by atoms with van der Waals surface area (Å²) < 4.78 is 34.2. The molecule has 0 spiro atoms. The van der Waals surface area contributed by atoms with E-state index in [0.717, 1.165) is 140 Å². The van der Waals surface area contributed by atoms with Crippen LogP contribution < -0.4 is 24.3 Å². The van der Waals surface area contributed by atoms with Crippen molar-refractivity contribution in [2.45, 2.75) is 82.7 Å². The number of halogens is 4. The Morgan fingerprint density at radius 2 is 0.930 bits per heavy atom. The maximum Gasteiger partial charge on any atom is 0.416 e. The Morgan fingerprint density at radius 1 is 0.500 bits per heavy atom. The summed E-state index contributed by atoms with van der Waals surface area (Å²) in [6.07, 6.45) is 10.7. The molecule has 2 atom stereocenters. The van der Waals surface area contributed by atoms with E-state index in [1.165, 1.54) is 36.8 Å². The van der Waals surface area contributed by atoms with E-state index < -0.39 is 12.2 Å². The number of H-pyrrole nitrogens is 2. The summed E-state index contributed by atoms with van der Waals surface area (Å²) in [4.78, 5) is 40.2. The van der Waals surface area contributed by atoms with Gasteiger partial charge in [-0.15, -0.1) is 0 Å². The minimum Gasteiger partial charge on any atom is -0.494 e. The first-order chi connectivity index (χ1) is 42.1. The predicted octanol–water partition coefficient (Wildman–Crippen LogP) is 16.1. The van der Waals surface area contributed by atoms with Crippen molar-refractivity contribution in [2.24, 2.45) is 0 Å². The van der Waals surface area contributed by atoms with Gasteiger partial charge in [0.2, 0.25) is 0 Å². The lowest BCUT2D eigenvalue weighted by molar-refractivity contribution is 0.0371. The van der Waals surface area contributed by atoms with Crippen LogP contribution in [0.3, 0.4) is 0 Å². The molecule has 0 aliphatic carbocycles. The standard InChI is InChI=1S/C34H37Cl2N3O4.C34H39Cl2N3O4/c35-25-7-12-28(13-8-25)43-34(40)39-17-15-29-30-23-26(36)9-14-31(30)37-32(29)33(39)24-5-10-27(11-6-24)42-20-4-2-1-3-16-38-18-21-41-22-19-38;1-41-21-6-19-37-18-4-2-3-5-22-42-27-12-7-24(8-13-27)33-32-29(30-23-26(36)11-16-31(30)38-32)17-20-39(33)34(40)43-28-14-9-25(35)10-15-28/h5-14,23,33,37H,1-4,15-22H2;7-16,23,33,37-38H,2-6,17-22H2,1H3. The highest BCUT2D eigenvalue weighted by atomic mass is 35.5. The minimum atomic E-state index is -0.417. The zero-order valence-electron chi connectivity index (χ0n) is 48.7. The second-order valence-electron chi connectivity index (χ2n) is 22.0. The van der Waals surface area contributed by atoms with Gasteiger partial charge in [-0.2, -0.15) is 0 Å². The number of hydrogen-bond acceptors (Lipinski definition) is 10. The third-order valence-electron chi connectivity index (χ3n) is 16.0. The number of aromatic nitrogens is 2. The van der Waals surface area contributed by atoms with Gasteiger partial charge in [0.05, 0.1) is 26.4 Å². The number of benzene rings is 6. The van der Waals surface area contributed by atoms with Crippen LogP contribution in [0, 0.1) is 0 Å². The van der Waals surface area contributed by atoms with Gasteiger partial charge in [0, 0.05) is 93.2 Å². The largest absolute Gasteiger partial charge is 0.494 e. The maximum absolute atomic E-state index is 13.5. The Bertz CT molecular complexity index is 3450. The quantitative estimate of drug-likeness (QED) is 0.0501. The van der Waals surface area contributed by atoms with Gasteiger partial charge < -0.3 is 43.7 Å². The first-order valence-electron chi connectivity index (χ1n) is 30.1. The second-order valence-corrected chi connectivity index (χ2v) is 23.7. The Hall–Kier alpha value is -6.46. The molecule has 2 unspecified atom stereocenters. The molecule has 454 valence electrons. The molecule has 2 amide bonds. The highest BCUT2D eigenvalue weighted by molar-refractivity contribution is 6.32. The Balaban J connectivity index is 0.000000191. The summed E-state index contributed by atoms with van der Waals surface area (Å²) in [5.74, 6) is 2.54. The van der Waals surface area contributed by atoms with Crippen molar-refractivity contribution in [3.05, 3.63) is 187 Å². The van der Waals surface area contributed by atoms with Crippen molar-refractivity contribution < 1.29 is 38.0 Å². The zero-order valence-corrected chi connectivity index (χ0v) is 51.8. The number of nitrogens with zero attached hydrogens (tertiary/aromatic N) is 3. The van der Waals surface area contributed by atoms with E-state index in [1.807, 2.05) is 84.9 Å². The van der Waals surface area contributed by atoms with Gasteiger partial charge >= 0.3 is 12.2 Å². The van der Waals surface area contributed by atoms with Crippen molar-refractivity contribution in [1.29, 1.82) is 0 Å². The molecule has 8 aromatic rings. The molecule has 14 nitrogen and oxygen atoms in total. The molecular formula is C68H76Cl4N6O8. The molecule has 1 saturated heterocycles. The Morgan fingerprint density at radius 3 is 1.41 bits per heavy atom. The molecule has 3 N–H and O–H groups in total. The third kappa shape index (κ3) is 16.8. The predicted molar refractivity (Wildman–Crippen MR) is 344 cm³/mol. The molecule has 18 heteroatoms. The van der Waals surface area contributed by atoms with Crippen molar-refractivity contribution >= 4 is 80.4 Å². The van der Waals surface area contributed by atoms with Crippen LogP contribution in [0.2, 0.25) is 20.1 Å². The van der Waals surface area contributed by atoms with E-state index in [4.69, 9.17) is 74.8 Å². The van der Waals surface area contributed by atoms with Crippen LogP contribution in [0.4, 0.5) is 9.59 Å². The maximum atomic E-state index is 13.5. The second kappa shape index (κ2) is 31.4. The summed E-state index contributed by atoms with van der Waals surface area (Å²) in [6.45, 7) is 10.2. The monoisotopic (exact) mass is 1240 g/mol. The van der Waals surface area contributed by atoms with Crippen LogP contribution in [0.5, 0.6) is 23.0 Å². The van der Waals surface area contributed by atoms with E-state index in [0.29, 0.717) is 70.7 Å². The van der Waals surface area contributed by atoms with Crippen LogP contribution >= 0.6 is 46.4 Å². The molecule has 5 heterocycles. The number of unbranched alkanes of at least 4 members (excludes halogenated alkanes) is 6. The van der Waals surface area contributed by atoms with E-state index in [1.54, 1.807) is 65.4 Å². The normalized spacial score (nSPS) is 15.9. The van der Waals surface area contributed by atoms with Gasteiger partial charge in [0.25, 0.3) is 0 Å². The number of ether oxygens (including phenoxy) is 6. The topological polar surface area (TPSA) is 143 Å². The summed E-state index contributed by atoms with van der Waals surface area (Å²) >= 11 is 24.7. The number of methoxy groups -OCH3 is 1. The van der Waals surface area contributed by atoms with Crippen molar-refractivity contribution in [1.82, 2.24) is 30.0 Å². The number of hydrogen-bond donors (Lipinski definition) is 3. The number of carbonyl (C=O) groups is 2. The van der Waals surface area contributed by atoms with Crippen LogP contribution in [0.1, 0.15) is 104 Å². The minimum absolute atomic E-state index is 0.352. The molecule has 0 bridgehead atoms. The first-order valence-corrected chi connectivity index (χ1v) is 31.6. The first kappa shape index (κ1) is 62.6. The van der Waals surface area contributed by atoms with Gasteiger partial charge in [-0.1, -0.05) is 96.4 Å². The number of morpholine rings is 1. The van der Waals surface area contributed by atoms with Crippen molar-refractivity contribution in [3.8, 4) is 23.0 Å². The molecule has 0 radical (unpaired) electrons. The lowest BCUT2D eigenvalue weighted by Gasteiger charge is -2.35. The van der Waals surface area contributed by atoms with Gasteiger partial charge in [-0.3, -0.25) is 14.7 Å². The lowest BCUT2D eigenvalue weighted by atomic mass is 9.92. The van der Waals surface area contributed by atoms with Crippen molar-refractivity contribution in [2.75, 3.05) is 86.0 Å². The fraction of sp³-hybridized carbons (Fsp3) is 0.382. The van der Waals surface area contributed by atoms with E-state index in [2.05, 4.69) is 20.2 Å². The molecule has 3 aliphatic rings. The summed E-state index contributed by atoms with van der Waals surface area (Å²) in [6, 6.07) is 40.7. The molecule has 0 saturated carbocycles. The molecule has 2 aromatic heterocycles. The lowest BCUT2D eigenvalue weighted by Crippen LogP contribution is -2.42. The van der Waals surface area contributed by atoms with Gasteiger partial charge in [-0.05, 0) is 196 Å². The molecule has 3 aliphatic heterocycles. The summed E-state index contributed by atoms with van der Waals surface area (Å²) in [7, 11) is 1.74. The number of fused-ring (bicyclic) bond motifs is 6. The fourth-order valence-corrected chi connectivity index (χ4v) is 12.2. The highest BCUT2D eigenvalue weighted by Crippen LogP contribution is 2.42. The van der Waals surface area contributed by atoms with E-state index in [-0.39, 0.29) is 12.1 Å². The number of rotatable bonds is 24. The van der Waals surface area contributed by atoms with Gasteiger partial charge in [0.1, 0.15) is 35.1 Å². The molecule has 1 fully saturated rings. The van der Waals surface area contributed by atoms with Crippen LogP contribution in [0.15, 0.2) is 133 Å². The molecule has 11 rings (SSSR count).